The molecule has 4 aromatic rings. The predicted molar refractivity (Wildman–Crippen MR) is 118 cm³/mol. The molecule has 0 aliphatic carbocycles. The molecule has 0 saturated heterocycles. The van der Waals surface area contributed by atoms with Crippen molar-refractivity contribution in [3.05, 3.63) is 82.2 Å². The van der Waals surface area contributed by atoms with Crippen molar-refractivity contribution < 1.29 is 23.8 Å². The molecular weight excluding hydrogens is 426 g/mol. The quantitative estimate of drug-likeness (QED) is 0.372. The summed E-state index contributed by atoms with van der Waals surface area (Å²) in [7, 11) is 0. The Morgan fingerprint density at radius 2 is 2.03 bits per heavy atom. The van der Waals surface area contributed by atoms with E-state index in [0.29, 0.717) is 35.4 Å². The van der Waals surface area contributed by atoms with Crippen LogP contribution >= 0.6 is 0 Å². The number of nitrogens with one attached hydrogen (secondary N) is 2. The number of carbonyl (C=O) groups excluding carboxylic acids is 1. The number of ether oxygens (including phenoxy) is 2. The van der Waals surface area contributed by atoms with Crippen molar-refractivity contribution in [2.45, 2.75) is 18.8 Å². The molecular formula is C24H21N3O6. The van der Waals surface area contributed by atoms with Crippen molar-refractivity contribution in [3.63, 3.8) is 0 Å². The van der Waals surface area contributed by atoms with Gasteiger partial charge in [-0.2, -0.15) is 0 Å². The molecule has 0 bridgehead atoms. The molecule has 2 aromatic heterocycles. The largest absolute Gasteiger partial charge is 0.507 e. The van der Waals surface area contributed by atoms with Gasteiger partial charge in [-0.1, -0.05) is 18.2 Å². The van der Waals surface area contributed by atoms with E-state index in [1.165, 1.54) is 0 Å². The molecule has 3 N–H and O–H groups in total. The van der Waals surface area contributed by atoms with Crippen LogP contribution < -0.4 is 20.4 Å². The van der Waals surface area contributed by atoms with E-state index in [1.54, 1.807) is 55.0 Å². The van der Waals surface area contributed by atoms with Crippen molar-refractivity contribution >= 4 is 16.9 Å². The Hall–Kier alpha value is -4.27. The fourth-order valence-corrected chi connectivity index (χ4v) is 3.99. The van der Waals surface area contributed by atoms with Crippen LogP contribution in [0.15, 0.2) is 64.2 Å². The van der Waals surface area contributed by atoms with E-state index in [0.717, 1.165) is 5.69 Å². The van der Waals surface area contributed by atoms with Crippen molar-refractivity contribution in [1.82, 2.24) is 15.3 Å². The third kappa shape index (κ3) is 4.12. The Kier molecular flexibility index (Phi) is 5.43. The molecule has 1 aliphatic rings. The topological polar surface area (TPSA) is 127 Å². The zero-order chi connectivity index (χ0) is 22.8. The molecule has 168 valence electrons. The average molecular weight is 447 g/mol. The highest BCUT2D eigenvalue weighted by atomic mass is 16.7. The normalized spacial score (nSPS) is 13.2. The lowest BCUT2D eigenvalue weighted by atomic mass is 9.87. The summed E-state index contributed by atoms with van der Waals surface area (Å²) < 4.78 is 16.3. The number of aromatic nitrogens is 2. The van der Waals surface area contributed by atoms with Crippen LogP contribution in [-0.2, 0) is 11.2 Å². The van der Waals surface area contributed by atoms with Gasteiger partial charge in [0.1, 0.15) is 11.3 Å². The molecule has 1 amide bonds. The highest BCUT2D eigenvalue weighted by Crippen LogP contribution is 2.40. The number of aromatic hydroxyl groups is 1. The summed E-state index contributed by atoms with van der Waals surface area (Å²) >= 11 is 0. The number of amides is 1. The molecule has 1 aliphatic heterocycles. The van der Waals surface area contributed by atoms with Gasteiger partial charge in [0.25, 0.3) is 0 Å². The van der Waals surface area contributed by atoms with E-state index in [-0.39, 0.29) is 36.0 Å². The number of hydrogen-bond donors (Lipinski definition) is 3. The molecule has 3 heterocycles. The van der Waals surface area contributed by atoms with Crippen LogP contribution in [0.4, 0.5) is 0 Å². The first-order chi connectivity index (χ1) is 16.1. The molecule has 0 saturated carbocycles. The molecule has 33 heavy (non-hydrogen) atoms. The van der Waals surface area contributed by atoms with Gasteiger partial charge in [-0.25, -0.2) is 9.78 Å². The summed E-state index contributed by atoms with van der Waals surface area (Å²) in [6.07, 6.45) is 3.79. The number of fused-ring (bicyclic) bond motifs is 2. The predicted octanol–water partition coefficient (Wildman–Crippen LogP) is 2.83. The third-order valence-corrected chi connectivity index (χ3v) is 5.63. The Labute approximate surface area is 188 Å². The van der Waals surface area contributed by atoms with E-state index in [1.807, 2.05) is 0 Å². The van der Waals surface area contributed by atoms with Crippen LogP contribution in [0.3, 0.4) is 0 Å². The van der Waals surface area contributed by atoms with Crippen LogP contribution in [0, 0.1) is 0 Å². The lowest BCUT2D eigenvalue weighted by molar-refractivity contribution is -0.121. The van der Waals surface area contributed by atoms with Crippen molar-refractivity contribution in [3.8, 4) is 17.2 Å². The minimum absolute atomic E-state index is 0.0243. The molecule has 0 fully saturated rings. The average Bonchev–Trinajstić information content (AvgIpc) is 3.50. The second kappa shape index (κ2) is 8.70. The summed E-state index contributed by atoms with van der Waals surface area (Å²) in [6, 6.07) is 11.9. The van der Waals surface area contributed by atoms with E-state index in [4.69, 9.17) is 13.9 Å². The van der Waals surface area contributed by atoms with Gasteiger partial charge < -0.3 is 29.3 Å². The molecule has 0 spiro atoms. The first-order valence-corrected chi connectivity index (χ1v) is 10.5. The number of rotatable bonds is 7. The van der Waals surface area contributed by atoms with E-state index in [2.05, 4.69) is 15.3 Å². The molecule has 2 aromatic carbocycles. The summed E-state index contributed by atoms with van der Waals surface area (Å²) in [4.78, 5) is 32.7. The minimum Gasteiger partial charge on any atom is -0.507 e. The lowest BCUT2D eigenvalue weighted by Crippen LogP contribution is -2.28. The zero-order valence-corrected chi connectivity index (χ0v) is 17.5. The number of benzene rings is 2. The molecule has 5 rings (SSSR count). The third-order valence-electron chi connectivity index (χ3n) is 5.63. The highest BCUT2D eigenvalue weighted by molar-refractivity contribution is 5.85. The van der Waals surface area contributed by atoms with Crippen LogP contribution in [0.2, 0.25) is 0 Å². The number of aromatic amines is 1. The van der Waals surface area contributed by atoms with Gasteiger partial charge in [0.2, 0.25) is 12.7 Å². The number of hydrogen-bond acceptors (Lipinski definition) is 7. The van der Waals surface area contributed by atoms with E-state index in [9.17, 15) is 14.7 Å². The Morgan fingerprint density at radius 3 is 2.88 bits per heavy atom. The van der Waals surface area contributed by atoms with Crippen molar-refractivity contribution in [1.29, 1.82) is 0 Å². The maximum Gasteiger partial charge on any atom is 0.343 e. The van der Waals surface area contributed by atoms with Gasteiger partial charge in [-0.3, -0.25) is 4.79 Å². The lowest BCUT2D eigenvalue weighted by Gasteiger charge is -2.19. The second-order valence-electron chi connectivity index (χ2n) is 7.69. The smallest absolute Gasteiger partial charge is 0.343 e. The van der Waals surface area contributed by atoms with Crippen molar-refractivity contribution in [2.75, 3.05) is 13.3 Å². The number of carbonyl (C=O) groups is 1. The summed E-state index contributed by atoms with van der Waals surface area (Å²) in [6.45, 7) is 0.494. The number of nitrogens with zero attached hydrogens (tertiary/aromatic N) is 1. The summed E-state index contributed by atoms with van der Waals surface area (Å²) in [5, 5.41) is 14.3. The van der Waals surface area contributed by atoms with Crippen LogP contribution in [-0.4, -0.2) is 34.3 Å². The number of para-hydroxylation sites is 1. The number of H-pyrrole nitrogens is 1. The Balaban J connectivity index is 1.49. The van der Waals surface area contributed by atoms with Gasteiger partial charge in [-0.05, 0) is 29.8 Å². The van der Waals surface area contributed by atoms with Gasteiger partial charge in [0.15, 0.2) is 11.5 Å². The van der Waals surface area contributed by atoms with Crippen LogP contribution in [0.25, 0.3) is 11.0 Å². The fraction of sp³-hybridized carbons (Fsp3) is 0.208. The highest BCUT2D eigenvalue weighted by Gasteiger charge is 2.28. The molecule has 9 nitrogen and oxygen atoms in total. The standard InChI is InChI=1S/C24H21N3O6/c28-21(26-8-7-15-11-25-12-27-15)10-17(14-5-6-19-20(9-14)32-13-31-19)22-23(29)16-3-1-2-4-18(16)33-24(22)30/h1-6,9,11-12,17,29H,7-8,10,13H2,(H,25,27)(H,26,28)/t17-/m0/s1. The van der Waals surface area contributed by atoms with Crippen molar-refractivity contribution in [2.24, 2.45) is 0 Å². The minimum atomic E-state index is -0.757. The monoisotopic (exact) mass is 447 g/mol. The van der Waals surface area contributed by atoms with Gasteiger partial charge in [-0.15, -0.1) is 0 Å². The van der Waals surface area contributed by atoms with Gasteiger partial charge in [0, 0.05) is 37.2 Å². The maximum atomic E-state index is 12.9. The SMILES string of the molecule is O=C(C[C@@H](c1ccc2c(c1)OCO2)c1c(O)c2ccccc2oc1=O)NCCc1cnc[nH]1. The first-order valence-electron chi connectivity index (χ1n) is 10.5. The maximum absolute atomic E-state index is 12.9. The molecule has 9 heteroatoms. The Morgan fingerprint density at radius 1 is 1.18 bits per heavy atom. The Bertz CT molecular complexity index is 1360. The zero-order valence-electron chi connectivity index (χ0n) is 17.5. The fourth-order valence-electron chi connectivity index (χ4n) is 3.99. The second-order valence-corrected chi connectivity index (χ2v) is 7.69. The van der Waals surface area contributed by atoms with E-state index < -0.39 is 11.5 Å². The molecule has 0 radical (unpaired) electrons. The van der Waals surface area contributed by atoms with Gasteiger partial charge in [0.05, 0.1) is 17.3 Å². The molecule has 1 atom stereocenters. The van der Waals surface area contributed by atoms with Gasteiger partial charge >= 0.3 is 5.63 Å². The summed E-state index contributed by atoms with van der Waals surface area (Å²) in [5.74, 6) is -0.135. The van der Waals surface area contributed by atoms with E-state index >= 15 is 0 Å². The first kappa shape index (κ1) is 20.6. The van der Waals surface area contributed by atoms with Crippen LogP contribution in [0.1, 0.15) is 29.2 Å². The summed E-state index contributed by atoms with van der Waals surface area (Å²) in [5.41, 5.74) is 1.13. The number of imidazole rings is 1. The van der Waals surface area contributed by atoms with Crippen LogP contribution in [0.5, 0.6) is 17.2 Å². The molecule has 0 unspecified atom stereocenters.